The minimum Gasteiger partial charge on any atom is -0.377 e. The Morgan fingerprint density at radius 3 is 2.83 bits per heavy atom. The lowest BCUT2D eigenvalue weighted by molar-refractivity contribution is -0.0248. The molecule has 8 heteroatoms. The Morgan fingerprint density at radius 2 is 2.33 bits per heavy atom. The lowest BCUT2D eigenvalue weighted by Gasteiger charge is -2.41. The predicted molar refractivity (Wildman–Crippen MR) is 71.4 cm³/mol. The van der Waals surface area contributed by atoms with Gasteiger partial charge in [0.25, 0.3) is 0 Å². The van der Waals surface area contributed by atoms with E-state index in [0.29, 0.717) is 17.4 Å². The average molecular weight is 311 g/mol. The first kappa shape index (κ1) is 14.2. The summed E-state index contributed by atoms with van der Waals surface area (Å²) >= 11 is 6.76. The zero-order valence-electron chi connectivity index (χ0n) is 9.80. The van der Waals surface area contributed by atoms with Gasteiger partial charge in [0.05, 0.1) is 16.5 Å². The molecule has 3 unspecified atom stereocenters. The number of rotatable bonds is 5. The van der Waals surface area contributed by atoms with E-state index in [9.17, 15) is 8.42 Å². The van der Waals surface area contributed by atoms with E-state index >= 15 is 0 Å². The van der Waals surface area contributed by atoms with Crippen LogP contribution in [0, 0.1) is 0 Å². The van der Waals surface area contributed by atoms with Crippen LogP contribution in [0.1, 0.15) is 13.3 Å². The molecule has 102 valence electrons. The molecule has 1 aromatic rings. The summed E-state index contributed by atoms with van der Waals surface area (Å²) in [6.07, 6.45) is 0.530. The molecule has 1 heterocycles. The zero-order chi connectivity index (χ0) is 13.3. The quantitative estimate of drug-likeness (QED) is 0.856. The molecular formula is C10H15ClN2O3S2. The first-order valence-corrected chi connectivity index (χ1v) is 8.26. The van der Waals surface area contributed by atoms with Crippen molar-refractivity contribution in [3.63, 3.8) is 0 Å². The van der Waals surface area contributed by atoms with E-state index in [1.807, 2.05) is 6.92 Å². The van der Waals surface area contributed by atoms with Crippen molar-refractivity contribution in [3.8, 4) is 0 Å². The van der Waals surface area contributed by atoms with Gasteiger partial charge in [-0.15, -0.1) is 11.3 Å². The van der Waals surface area contributed by atoms with Gasteiger partial charge in [0.1, 0.15) is 4.21 Å². The number of nitrogens with one attached hydrogen (secondary N) is 1. The number of sulfonamides is 1. The summed E-state index contributed by atoms with van der Waals surface area (Å²) in [4.78, 5) is 0. The monoisotopic (exact) mass is 310 g/mol. The molecule has 1 aliphatic carbocycles. The van der Waals surface area contributed by atoms with E-state index in [1.165, 1.54) is 6.07 Å². The summed E-state index contributed by atoms with van der Waals surface area (Å²) in [6.45, 7) is 2.41. The molecule has 18 heavy (non-hydrogen) atoms. The number of thiophene rings is 1. The van der Waals surface area contributed by atoms with Crippen LogP contribution < -0.4 is 10.5 Å². The maximum absolute atomic E-state index is 12.1. The Balaban J connectivity index is 2.08. The molecule has 2 rings (SSSR count). The second-order valence-electron chi connectivity index (χ2n) is 4.10. The normalized spacial score (nSPS) is 28.1. The van der Waals surface area contributed by atoms with E-state index in [1.54, 1.807) is 6.07 Å². The zero-order valence-corrected chi connectivity index (χ0v) is 12.2. The van der Waals surface area contributed by atoms with Crippen molar-refractivity contribution in [3.05, 3.63) is 16.5 Å². The maximum Gasteiger partial charge on any atom is 0.250 e. The van der Waals surface area contributed by atoms with E-state index in [4.69, 9.17) is 22.1 Å². The van der Waals surface area contributed by atoms with Crippen LogP contribution in [0.25, 0.3) is 0 Å². The first-order valence-electron chi connectivity index (χ1n) is 5.59. The number of ether oxygens (including phenoxy) is 1. The molecule has 0 aliphatic heterocycles. The fraction of sp³-hybridized carbons (Fsp3) is 0.600. The van der Waals surface area contributed by atoms with Gasteiger partial charge in [-0.3, -0.25) is 0 Å². The van der Waals surface area contributed by atoms with Crippen LogP contribution in [-0.2, 0) is 14.8 Å². The predicted octanol–water partition coefficient (Wildman–Crippen LogP) is 1.18. The highest BCUT2D eigenvalue weighted by Gasteiger charge is 2.42. The van der Waals surface area contributed by atoms with Crippen molar-refractivity contribution in [1.29, 1.82) is 0 Å². The molecule has 3 atom stereocenters. The van der Waals surface area contributed by atoms with E-state index in [2.05, 4.69) is 4.72 Å². The molecule has 1 aliphatic rings. The van der Waals surface area contributed by atoms with E-state index in [-0.39, 0.29) is 22.4 Å². The lowest BCUT2D eigenvalue weighted by atomic mass is 9.84. The SMILES string of the molecule is CCOC1CC(N)C1NS(=O)(=O)c1ccc(Cl)s1. The minimum atomic E-state index is -3.56. The Kier molecular flexibility index (Phi) is 4.30. The second-order valence-corrected chi connectivity index (χ2v) is 7.75. The third-order valence-electron chi connectivity index (χ3n) is 2.85. The van der Waals surface area contributed by atoms with Crippen molar-refractivity contribution >= 4 is 33.0 Å². The van der Waals surface area contributed by atoms with Gasteiger partial charge >= 0.3 is 0 Å². The Morgan fingerprint density at radius 1 is 1.61 bits per heavy atom. The van der Waals surface area contributed by atoms with Crippen LogP contribution in [-0.4, -0.2) is 33.2 Å². The van der Waals surface area contributed by atoms with Gasteiger partial charge < -0.3 is 10.5 Å². The summed E-state index contributed by atoms with van der Waals surface area (Å²) in [5.74, 6) is 0. The molecule has 5 nitrogen and oxygen atoms in total. The van der Waals surface area contributed by atoms with Crippen molar-refractivity contribution in [2.75, 3.05) is 6.61 Å². The summed E-state index contributed by atoms with van der Waals surface area (Å²) in [5, 5.41) is 0. The van der Waals surface area contributed by atoms with Gasteiger partial charge in [-0.1, -0.05) is 11.6 Å². The highest BCUT2D eigenvalue weighted by Crippen LogP contribution is 2.28. The van der Waals surface area contributed by atoms with Gasteiger partial charge in [0, 0.05) is 12.6 Å². The largest absolute Gasteiger partial charge is 0.377 e. The highest BCUT2D eigenvalue weighted by molar-refractivity contribution is 7.91. The van der Waals surface area contributed by atoms with Crippen LogP contribution in [0.5, 0.6) is 0 Å². The summed E-state index contributed by atoms with van der Waals surface area (Å²) < 4.78 is 32.8. The fourth-order valence-corrected chi connectivity index (χ4v) is 4.68. The molecular weight excluding hydrogens is 296 g/mol. The topological polar surface area (TPSA) is 81.4 Å². The third-order valence-corrected chi connectivity index (χ3v) is 6.03. The summed E-state index contributed by atoms with van der Waals surface area (Å²) in [7, 11) is -3.56. The minimum absolute atomic E-state index is 0.143. The lowest BCUT2D eigenvalue weighted by Crippen LogP contribution is -2.64. The van der Waals surface area contributed by atoms with Gasteiger partial charge in [-0.05, 0) is 25.5 Å². The van der Waals surface area contributed by atoms with Crippen molar-refractivity contribution in [1.82, 2.24) is 4.72 Å². The molecule has 0 radical (unpaired) electrons. The number of halogens is 1. The van der Waals surface area contributed by atoms with Crippen LogP contribution in [0.3, 0.4) is 0 Å². The van der Waals surface area contributed by atoms with Crippen LogP contribution in [0.15, 0.2) is 16.3 Å². The first-order chi connectivity index (χ1) is 8.44. The molecule has 0 amide bonds. The Labute approximate surface area is 115 Å². The smallest absolute Gasteiger partial charge is 0.250 e. The standard InChI is InChI=1S/C10H15ClN2O3S2/c1-2-16-7-5-6(12)10(7)13-18(14,15)9-4-3-8(11)17-9/h3-4,6-7,10,13H,2,5,12H2,1H3. The van der Waals surface area contributed by atoms with Gasteiger partial charge in [-0.25, -0.2) is 13.1 Å². The second kappa shape index (κ2) is 5.44. The van der Waals surface area contributed by atoms with Gasteiger partial charge in [0.2, 0.25) is 10.0 Å². The Bertz CT molecular complexity index is 515. The molecule has 0 spiro atoms. The van der Waals surface area contributed by atoms with E-state index in [0.717, 1.165) is 11.3 Å². The van der Waals surface area contributed by atoms with Gasteiger partial charge in [0.15, 0.2) is 0 Å². The Hall–Kier alpha value is -0.180. The molecule has 1 aromatic heterocycles. The molecule has 3 N–H and O–H groups in total. The molecule has 1 saturated carbocycles. The molecule has 0 saturated heterocycles. The van der Waals surface area contributed by atoms with Crippen LogP contribution in [0.2, 0.25) is 4.34 Å². The summed E-state index contributed by atoms with van der Waals surface area (Å²) in [6, 6.07) is 2.47. The fourth-order valence-electron chi connectivity index (χ4n) is 1.87. The number of hydrogen-bond donors (Lipinski definition) is 2. The van der Waals surface area contributed by atoms with Crippen LogP contribution >= 0.6 is 22.9 Å². The molecule has 1 fully saturated rings. The summed E-state index contributed by atoms with van der Waals surface area (Å²) in [5.41, 5.74) is 5.80. The number of nitrogens with two attached hydrogens (primary N) is 1. The highest BCUT2D eigenvalue weighted by atomic mass is 35.5. The van der Waals surface area contributed by atoms with Crippen molar-refractivity contribution < 1.29 is 13.2 Å². The van der Waals surface area contributed by atoms with Crippen molar-refractivity contribution in [2.45, 2.75) is 35.7 Å². The average Bonchev–Trinajstić information content (AvgIpc) is 2.74. The van der Waals surface area contributed by atoms with Gasteiger partial charge in [-0.2, -0.15) is 0 Å². The van der Waals surface area contributed by atoms with Crippen molar-refractivity contribution in [2.24, 2.45) is 5.73 Å². The van der Waals surface area contributed by atoms with Crippen LogP contribution in [0.4, 0.5) is 0 Å². The molecule has 0 bridgehead atoms. The molecule has 0 aromatic carbocycles. The maximum atomic E-state index is 12.1. The van der Waals surface area contributed by atoms with E-state index < -0.39 is 10.0 Å². The third kappa shape index (κ3) is 2.87. The number of hydrogen-bond acceptors (Lipinski definition) is 5.